The van der Waals surface area contributed by atoms with E-state index in [1.807, 2.05) is 66.7 Å². The molecule has 0 heterocycles. The highest BCUT2D eigenvalue weighted by molar-refractivity contribution is 6.09. The van der Waals surface area contributed by atoms with Gasteiger partial charge >= 0.3 is 0 Å². The molecule has 68 heavy (non-hydrogen) atoms. The molecule has 8 rings (SSSR count). The largest absolute Gasteiger partial charge is 0.497 e. The maximum Gasteiger partial charge on any atom is 0.259 e. The van der Waals surface area contributed by atoms with Gasteiger partial charge in [-0.1, -0.05) is 42.5 Å². The number of ether oxygens (including phenoxy) is 4. The Balaban J connectivity index is 0.000000236. The first-order chi connectivity index (χ1) is 32.7. The summed E-state index contributed by atoms with van der Waals surface area (Å²) in [7, 11) is 6.36. The van der Waals surface area contributed by atoms with Crippen LogP contribution in [0.5, 0.6) is 23.0 Å². The Morgan fingerprint density at radius 2 is 0.824 bits per heavy atom. The quantitative estimate of drug-likeness (QED) is 0.0791. The highest BCUT2D eigenvalue weighted by Gasteiger charge is 2.16. The van der Waals surface area contributed by atoms with Crippen LogP contribution in [0.3, 0.4) is 0 Å². The van der Waals surface area contributed by atoms with Gasteiger partial charge in [-0.15, -0.1) is 0 Å². The molecular weight excluding hydrogens is 861 g/mol. The Hall–Kier alpha value is -8.35. The minimum atomic E-state index is -0.338. The summed E-state index contributed by atoms with van der Waals surface area (Å²) in [5.74, 6) is 2.51. The van der Waals surface area contributed by atoms with Gasteiger partial charge in [0.2, 0.25) is 0 Å². The number of anilines is 2. The third-order valence-corrected chi connectivity index (χ3v) is 11.0. The van der Waals surface area contributed by atoms with Gasteiger partial charge in [-0.25, -0.2) is 0 Å². The van der Waals surface area contributed by atoms with Gasteiger partial charge in [-0.05, 0) is 163 Å². The summed E-state index contributed by atoms with van der Waals surface area (Å²) in [4.78, 5) is 64.5. The predicted octanol–water partition coefficient (Wildman–Crippen LogP) is 12.2. The number of ketones is 4. The summed E-state index contributed by atoms with van der Waals surface area (Å²) >= 11 is 0. The highest BCUT2D eigenvalue weighted by atomic mass is 16.6. The van der Waals surface area contributed by atoms with E-state index in [0.717, 1.165) is 54.9 Å². The number of methoxy groups -OCH3 is 4. The normalized spacial score (nSPS) is 10.5. The van der Waals surface area contributed by atoms with Crippen molar-refractivity contribution in [3.8, 4) is 23.0 Å². The SMILES string of the molecule is COc1cc2ccc(C(C)=O)cc2cc1CONc1ccc(NC(=O)c2cc3cc(C(C)=O)ccc3cc2OC)cc1.COc1ccc(C(C)=O)cc1.COc1ccc2cc(C(C)=O)ccc2c1. The number of hydrogen-bond acceptors (Lipinski definition) is 11. The average Bonchev–Trinajstić information content (AvgIpc) is 3.35. The molecule has 0 aliphatic rings. The van der Waals surface area contributed by atoms with Crippen molar-refractivity contribution in [2.75, 3.05) is 39.2 Å². The molecule has 0 spiro atoms. The van der Waals surface area contributed by atoms with Crippen molar-refractivity contribution in [3.05, 3.63) is 179 Å². The zero-order chi connectivity index (χ0) is 48.9. The van der Waals surface area contributed by atoms with Crippen LogP contribution in [0, 0.1) is 0 Å². The minimum absolute atomic E-state index is 0.00600. The first-order valence-electron chi connectivity index (χ1n) is 21.5. The van der Waals surface area contributed by atoms with Crippen molar-refractivity contribution < 1.29 is 47.8 Å². The molecule has 0 unspecified atom stereocenters. The van der Waals surface area contributed by atoms with Crippen LogP contribution in [0.4, 0.5) is 11.4 Å². The third-order valence-electron chi connectivity index (χ3n) is 11.0. The Morgan fingerprint density at radius 1 is 0.397 bits per heavy atom. The second kappa shape index (κ2) is 22.7. The molecule has 0 saturated carbocycles. The lowest BCUT2D eigenvalue weighted by Crippen LogP contribution is -2.13. The summed E-state index contributed by atoms with van der Waals surface area (Å²) in [6.45, 7) is 6.39. The topological polar surface area (TPSA) is 156 Å². The van der Waals surface area contributed by atoms with Gasteiger partial charge in [0.15, 0.2) is 23.1 Å². The van der Waals surface area contributed by atoms with E-state index in [4.69, 9.17) is 23.8 Å². The van der Waals surface area contributed by atoms with E-state index in [2.05, 4.69) is 10.8 Å². The molecule has 0 aliphatic heterocycles. The van der Waals surface area contributed by atoms with Crippen LogP contribution in [0.1, 0.15) is 85.0 Å². The second-order valence-electron chi connectivity index (χ2n) is 15.6. The fourth-order valence-electron chi connectivity index (χ4n) is 7.10. The molecule has 12 heteroatoms. The summed E-state index contributed by atoms with van der Waals surface area (Å²) in [5.41, 5.74) is 8.04. The number of benzene rings is 8. The van der Waals surface area contributed by atoms with Crippen LogP contribution in [-0.2, 0) is 11.4 Å². The molecule has 1 amide bonds. The summed E-state index contributed by atoms with van der Waals surface area (Å²) in [5, 5.41) is 8.56. The molecular formula is C56H52N2O10. The van der Waals surface area contributed by atoms with Gasteiger partial charge in [0.1, 0.15) is 29.6 Å². The zero-order valence-electron chi connectivity index (χ0n) is 39.1. The van der Waals surface area contributed by atoms with Crippen LogP contribution < -0.4 is 29.7 Å². The van der Waals surface area contributed by atoms with Crippen molar-refractivity contribution in [2.45, 2.75) is 34.3 Å². The number of fused-ring (bicyclic) bond motifs is 3. The molecule has 0 radical (unpaired) electrons. The Kier molecular flexibility index (Phi) is 16.4. The lowest BCUT2D eigenvalue weighted by Gasteiger charge is -2.13. The Labute approximate surface area is 394 Å². The van der Waals surface area contributed by atoms with E-state index in [-0.39, 0.29) is 35.6 Å². The van der Waals surface area contributed by atoms with E-state index >= 15 is 0 Å². The predicted molar refractivity (Wildman–Crippen MR) is 267 cm³/mol. The van der Waals surface area contributed by atoms with Gasteiger partial charge in [-0.2, -0.15) is 0 Å². The molecule has 0 fully saturated rings. The lowest BCUT2D eigenvalue weighted by molar-refractivity contribution is 0.100. The number of hydrogen-bond donors (Lipinski definition) is 2. The number of carbonyl (C=O) groups is 5. The highest BCUT2D eigenvalue weighted by Crippen LogP contribution is 2.30. The molecule has 8 aromatic carbocycles. The van der Waals surface area contributed by atoms with Crippen LogP contribution in [-0.4, -0.2) is 57.5 Å². The maximum absolute atomic E-state index is 13.2. The number of Topliss-reactive ketones (excluding diaryl/α,β-unsaturated/α-hetero) is 4. The number of carbonyl (C=O) groups excluding carboxylic acids is 5. The molecule has 0 bridgehead atoms. The van der Waals surface area contributed by atoms with Crippen molar-refractivity contribution in [3.63, 3.8) is 0 Å². The van der Waals surface area contributed by atoms with Gasteiger partial charge in [0.05, 0.1) is 39.7 Å². The van der Waals surface area contributed by atoms with Crippen molar-refractivity contribution in [1.29, 1.82) is 0 Å². The van der Waals surface area contributed by atoms with Gasteiger partial charge in [0.25, 0.3) is 5.91 Å². The summed E-state index contributed by atoms with van der Waals surface area (Å²) < 4.78 is 21.1. The van der Waals surface area contributed by atoms with Crippen molar-refractivity contribution in [1.82, 2.24) is 0 Å². The molecule has 0 atom stereocenters. The Morgan fingerprint density at radius 3 is 1.34 bits per heavy atom. The van der Waals surface area contributed by atoms with Crippen LogP contribution >= 0.6 is 0 Å². The minimum Gasteiger partial charge on any atom is -0.497 e. The molecule has 346 valence electrons. The van der Waals surface area contributed by atoms with Crippen LogP contribution in [0.25, 0.3) is 32.3 Å². The van der Waals surface area contributed by atoms with Gasteiger partial charge < -0.3 is 24.3 Å². The number of amides is 1. The van der Waals surface area contributed by atoms with Crippen LogP contribution in [0.2, 0.25) is 0 Å². The van der Waals surface area contributed by atoms with Gasteiger partial charge in [-0.3, -0.25) is 34.3 Å². The summed E-state index contributed by atoms with van der Waals surface area (Å²) in [6.07, 6.45) is 0. The first kappa shape index (κ1) is 49.1. The Bertz CT molecular complexity index is 3140. The molecule has 12 nitrogen and oxygen atoms in total. The maximum atomic E-state index is 13.2. The van der Waals surface area contributed by atoms with Crippen LogP contribution in [0.15, 0.2) is 146 Å². The molecule has 0 aliphatic carbocycles. The standard InChI is InChI=1S/C34H30N2O6.C13H12O2.C9H10O2/c1-20(37)22-5-7-24-17-32(40-3)28(15-26(24)13-22)19-42-36-30-11-9-29(10-12-30)35-34(39)31-16-27-14-23(21(2)38)6-8-25(27)18-33(31)41-4;1-9(14)10-3-4-12-8-13(15-2)6-5-11(12)7-10;1-7(10)8-3-5-9(11-2)6-4-8/h5-18,36H,19H2,1-4H3,(H,35,39);3-8H,1-2H3;3-6H,1-2H3. The third kappa shape index (κ3) is 12.5. The number of rotatable bonds is 14. The zero-order valence-corrected chi connectivity index (χ0v) is 39.1. The van der Waals surface area contributed by atoms with E-state index in [1.54, 1.807) is 121 Å². The van der Waals surface area contributed by atoms with E-state index in [1.165, 1.54) is 14.0 Å². The smallest absolute Gasteiger partial charge is 0.259 e. The fraction of sp³-hybridized carbons (Fsp3) is 0.161. The van der Waals surface area contributed by atoms with Gasteiger partial charge in [0, 0.05) is 33.5 Å². The second-order valence-corrected chi connectivity index (χ2v) is 15.6. The molecule has 2 N–H and O–H groups in total. The van der Waals surface area contributed by atoms with Crippen molar-refractivity contribution >= 4 is 72.7 Å². The molecule has 8 aromatic rings. The molecule has 0 saturated heterocycles. The monoisotopic (exact) mass is 912 g/mol. The molecule has 0 aromatic heterocycles. The lowest BCUT2D eigenvalue weighted by atomic mass is 10.0. The fourth-order valence-corrected chi connectivity index (χ4v) is 7.10. The number of nitrogens with one attached hydrogen (secondary N) is 2. The van der Waals surface area contributed by atoms with E-state index in [0.29, 0.717) is 45.1 Å². The van der Waals surface area contributed by atoms with E-state index < -0.39 is 0 Å². The average molecular weight is 913 g/mol. The first-order valence-corrected chi connectivity index (χ1v) is 21.5. The summed E-state index contributed by atoms with van der Waals surface area (Å²) in [6, 6.07) is 43.9. The van der Waals surface area contributed by atoms with E-state index in [9.17, 15) is 24.0 Å². The van der Waals surface area contributed by atoms with Crippen molar-refractivity contribution in [2.24, 2.45) is 0 Å².